The zero-order valence-electron chi connectivity index (χ0n) is 45.2. The van der Waals surface area contributed by atoms with Crippen molar-refractivity contribution in [2.45, 2.75) is 188 Å². The fourth-order valence-corrected chi connectivity index (χ4v) is 14.1. The van der Waals surface area contributed by atoms with Gasteiger partial charge < -0.3 is 62.5 Å². The first-order valence-corrected chi connectivity index (χ1v) is 28.8. The first-order chi connectivity index (χ1) is 37.4. The monoisotopic (exact) mass is 1070 g/mol. The van der Waals surface area contributed by atoms with Gasteiger partial charge in [0.2, 0.25) is 0 Å². The summed E-state index contributed by atoms with van der Waals surface area (Å²) in [6, 6.07) is 16.0. The lowest BCUT2D eigenvalue weighted by Crippen LogP contribution is -2.58. The van der Waals surface area contributed by atoms with E-state index in [2.05, 4.69) is 37.1 Å². The zero-order chi connectivity index (χ0) is 53.2. The average molecular weight is 1070 g/mol. The van der Waals surface area contributed by atoms with Crippen LogP contribution in [0, 0.1) is 11.8 Å². The minimum absolute atomic E-state index is 0.0159. The second-order valence-electron chi connectivity index (χ2n) is 23.4. The normalized spacial score (nSPS) is 38.5. The minimum Gasteiger partial charge on any atom is -0.395 e. The molecule has 2 aromatic rings. The fourth-order valence-electron chi connectivity index (χ4n) is 14.1. The van der Waals surface area contributed by atoms with Crippen molar-refractivity contribution in [3.05, 3.63) is 89.5 Å². The number of hydrogen-bond donors (Lipinski definition) is 2. The molecule has 16 nitrogen and oxygen atoms in total. The number of methoxy groups -OCH3 is 1. The van der Waals surface area contributed by atoms with Gasteiger partial charge in [0.15, 0.2) is 5.79 Å². The summed E-state index contributed by atoms with van der Waals surface area (Å²) in [5.74, 6) is -1.08. The van der Waals surface area contributed by atoms with Crippen LogP contribution in [-0.2, 0) is 63.5 Å². The molecule has 17 atom stereocenters. The Morgan fingerprint density at radius 3 is 2.40 bits per heavy atom. The van der Waals surface area contributed by atoms with Crippen LogP contribution in [-0.4, -0.2) is 178 Å². The molecule has 77 heavy (non-hydrogen) atoms. The number of benzene rings is 2. The highest BCUT2D eigenvalue weighted by Crippen LogP contribution is 2.49. The predicted octanol–water partition coefficient (Wildman–Crippen LogP) is 6.76. The van der Waals surface area contributed by atoms with Crippen LogP contribution in [0.1, 0.15) is 107 Å². The third-order valence-corrected chi connectivity index (χ3v) is 18.2. The Hall–Kier alpha value is -3.72. The van der Waals surface area contributed by atoms with Gasteiger partial charge in [-0.1, -0.05) is 74.7 Å². The second-order valence-corrected chi connectivity index (χ2v) is 23.4. The van der Waals surface area contributed by atoms with E-state index in [-0.39, 0.29) is 124 Å². The van der Waals surface area contributed by atoms with Gasteiger partial charge in [-0.15, -0.1) is 0 Å². The van der Waals surface area contributed by atoms with Crippen molar-refractivity contribution < 1.29 is 67.2 Å². The average Bonchev–Trinajstić information content (AvgIpc) is 4.11. The molecule has 11 rings (SSSR count). The molecule has 2 N–H and O–H groups in total. The van der Waals surface area contributed by atoms with Gasteiger partial charge in [-0.3, -0.25) is 14.5 Å². The maximum atomic E-state index is 14.5. The number of ether oxygens (including phenoxy) is 10. The molecule has 0 aromatic heterocycles. The highest BCUT2D eigenvalue weighted by molar-refractivity contribution is 5.97. The van der Waals surface area contributed by atoms with Crippen LogP contribution < -0.4 is 4.90 Å². The molecule has 16 heteroatoms. The van der Waals surface area contributed by atoms with Gasteiger partial charge in [0.1, 0.15) is 24.6 Å². The standard InChI is InChI=1S/C61H82N2O14/c1-37-27-44-15-17-50-38(2)28-46(71-50)19-20-61-33-49(66)59(77-61)54-32-55(76-61)60-51(74-54)18-16-45(73-60)29-43(65)30-47-53(31-52(72-44)39(37)3)75-56(58(47)68-4)35-62(21-23-64)22-24-69-25-26-70-36-57(67)63-34-42-11-6-5-9-40(42)13-14-41-10-7-8-12-48(41)63/h5-14,37,44-47,49-56,58-60,64,66H,2-3,15-36H2,1,4H3/b14-13-/t37-,44+,45-,46+,47+,49-,50+,51+,52-,53+,54-,55-,56-,58-,59+,60+,61-/m1/s1. The zero-order valence-corrected chi connectivity index (χ0v) is 45.2. The quantitative estimate of drug-likeness (QED) is 0.159. The van der Waals surface area contributed by atoms with E-state index in [1.807, 2.05) is 48.5 Å². The number of carbonyl (C=O) groups is 2. The predicted molar refractivity (Wildman–Crippen MR) is 287 cm³/mol. The van der Waals surface area contributed by atoms with Crippen molar-refractivity contribution in [1.82, 2.24) is 4.90 Å². The summed E-state index contributed by atoms with van der Waals surface area (Å²) in [5.41, 5.74) is 6.08. The molecule has 0 aliphatic carbocycles. The first kappa shape index (κ1) is 55.2. The maximum absolute atomic E-state index is 14.5. The number of amides is 1. The topological polar surface area (TPSA) is 173 Å². The molecule has 0 saturated carbocycles. The molecule has 0 unspecified atom stereocenters. The van der Waals surface area contributed by atoms with E-state index in [0.29, 0.717) is 77.7 Å². The van der Waals surface area contributed by atoms with E-state index >= 15 is 0 Å². The number of fused-ring (bicyclic) bond motifs is 11. The molecule has 9 heterocycles. The van der Waals surface area contributed by atoms with E-state index in [9.17, 15) is 19.8 Å². The number of carbonyl (C=O) groups excluding carboxylic acids is 2. The second kappa shape index (κ2) is 24.6. The molecule has 0 radical (unpaired) electrons. The number of hydrogen-bond acceptors (Lipinski definition) is 15. The third kappa shape index (κ3) is 12.5. The summed E-state index contributed by atoms with van der Waals surface area (Å²) >= 11 is 0. The largest absolute Gasteiger partial charge is 0.395 e. The lowest BCUT2D eigenvalue weighted by Gasteiger charge is -2.47. The van der Waals surface area contributed by atoms with Crippen LogP contribution >= 0.6 is 0 Å². The summed E-state index contributed by atoms with van der Waals surface area (Å²) in [7, 11) is 1.69. The summed E-state index contributed by atoms with van der Waals surface area (Å²) in [4.78, 5) is 32.1. The minimum atomic E-state index is -0.980. The summed E-state index contributed by atoms with van der Waals surface area (Å²) < 4.78 is 66.1. The highest BCUT2D eigenvalue weighted by atomic mass is 16.7. The van der Waals surface area contributed by atoms with Crippen LogP contribution in [0.4, 0.5) is 5.69 Å². The van der Waals surface area contributed by atoms with Gasteiger partial charge in [-0.2, -0.15) is 0 Å². The Morgan fingerprint density at radius 1 is 0.766 bits per heavy atom. The molecule has 9 aliphatic rings. The van der Waals surface area contributed by atoms with E-state index < -0.39 is 30.2 Å². The van der Waals surface area contributed by atoms with Gasteiger partial charge in [0.25, 0.3) is 5.91 Å². The molecule has 1 spiro atoms. The van der Waals surface area contributed by atoms with Gasteiger partial charge in [0, 0.05) is 71.2 Å². The van der Waals surface area contributed by atoms with E-state index in [4.69, 9.17) is 47.4 Å². The Kier molecular flexibility index (Phi) is 17.6. The van der Waals surface area contributed by atoms with Crippen molar-refractivity contribution in [2.75, 3.05) is 64.7 Å². The summed E-state index contributed by atoms with van der Waals surface area (Å²) in [6.45, 7) is 13.8. The highest BCUT2D eigenvalue weighted by Gasteiger charge is 2.60. The number of aliphatic hydroxyl groups is 2. The van der Waals surface area contributed by atoms with E-state index in [0.717, 1.165) is 59.2 Å². The van der Waals surface area contributed by atoms with E-state index in [1.165, 1.54) is 0 Å². The van der Waals surface area contributed by atoms with Crippen molar-refractivity contribution >= 4 is 29.5 Å². The molecule has 420 valence electrons. The number of Topliss-reactive ketones (excluding diaryl/α,β-unsaturated/α-hetero) is 1. The van der Waals surface area contributed by atoms with Crippen molar-refractivity contribution in [1.29, 1.82) is 0 Å². The fraction of sp³-hybridized carbons (Fsp3) is 0.672. The molecule has 10 bridgehead atoms. The van der Waals surface area contributed by atoms with Crippen molar-refractivity contribution in [2.24, 2.45) is 11.8 Å². The molecule has 9 aliphatic heterocycles. The molecule has 8 saturated heterocycles. The Labute approximate surface area is 454 Å². The Bertz CT molecular complexity index is 2440. The van der Waals surface area contributed by atoms with Crippen molar-refractivity contribution in [3.8, 4) is 0 Å². The number of ketones is 1. The summed E-state index contributed by atoms with van der Waals surface area (Å²) in [5, 5.41) is 21.6. The number of para-hydroxylation sites is 1. The van der Waals surface area contributed by atoms with Crippen LogP contribution in [0.5, 0.6) is 0 Å². The molecular weight excluding hydrogens is 985 g/mol. The number of aliphatic hydroxyl groups excluding tert-OH is 2. The smallest absolute Gasteiger partial charge is 0.253 e. The van der Waals surface area contributed by atoms with Gasteiger partial charge >= 0.3 is 0 Å². The van der Waals surface area contributed by atoms with Crippen LogP contribution in [0.2, 0.25) is 0 Å². The van der Waals surface area contributed by atoms with Crippen molar-refractivity contribution in [3.63, 3.8) is 0 Å². The first-order valence-electron chi connectivity index (χ1n) is 28.8. The van der Waals surface area contributed by atoms with Crippen LogP contribution in [0.3, 0.4) is 0 Å². The SMILES string of the molecule is C=C1C[C@@H]2CC[C@]34C[C@@H](O)[C@H](O3)[C@H]3C[C@@H](O4)[C@H]4O[C@H](CC[C@@H]4O3)CC(=O)C[C@@H]3[C@@H](OC)[C@@H](CN(CCO)CCOCCOCC(=O)N4Cc5ccccc5/C=C\c5ccccc54)O[C@H]3C[C@H]3O[C@@H](CC[C@@H]1O2)C[C@@H](C)C3=C. The van der Waals surface area contributed by atoms with E-state index in [1.54, 1.807) is 12.0 Å². The summed E-state index contributed by atoms with van der Waals surface area (Å²) in [6.07, 6.45) is 7.66. The number of nitrogens with zero attached hydrogens (tertiary/aromatic N) is 2. The Balaban J connectivity index is 0.740. The molecular formula is C61H82N2O14. The maximum Gasteiger partial charge on any atom is 0.253 e. The number of anilines is 1. The third-order valence-electron chi connectivity index (χ3n) is 18.2. The van der Waals surface area contributed by atoms with Crippen LogP contribution in [0.15, 0.2) is 72.8 Å². The van der Waals surface area contributed by atoms with Crippen LogP contribution in [0.25, 0.3) is 12.2 Å². The van der Waals surface area contributed by atoms with Gasteiger partial charge in [0.05, 0.1) is 112 Å². The lowest BCUT2D eigenvalue weighted by atomic mass is 9.81. The molecule has 8 fully saturated rings. The van der Waals surface area contributed by atoms with Gasteiger partial charge in [-0.05, 0) is 84.8 Å². The van der Waals surface area contributed by atoms with Gasteiger partial charge in [-0.25, -0.2) is 0 Å². The lowest BCUT2D eigenvalue weighted by molar-refractivity contribution is -0.277. The molecule has 1 amide bonds. The molecule has 2 aromatic carbocycles. The Morgan fingerprint density at radius 2 is 1.55 bits per heavy atom. The number of rotatable bonds is 13.